The lowest BCUT2D eigenvalue weighted by Crippen LogP contribution is -2.34. The van der Waals surface area contributed by atoms with Crippen LogP contribution in [0.2, 0.25) is 0 Å². The number of amides is 3. The van der Waals surface area contributed by atoms with Gasteiger partial charge in [0, 0.05) is 30.8 Å². The van der Waals surface area contributed by atoms with Crippen LogP contribution in [0.15, 0.2) is 48.5 Å². The number of aryl methyl sites for hydroxylation is 1. The van der Waals surface area contributed by atoms with Gasteiger partial charge in [-0.1, -0.05) is 24.3 Å². The topological polar surface area (TPSA) is 106 Å². The Balaban J connectivity index is 1.79. The summed E-state index contributed by atoms with van der Waals surface area (Å²) in [5.41, 5.74) is 1.50. The SMILES string of the molecule is COc1ccccc1CCC(=O)Nc1cccc(NC(=O)CCNC(=O)OC(C)(C)C)c1. The van der Waals surface area contributed by atoms with E-state index in [9.17, 15) is 14.4 Å². The second-order valence-corrected chi connectivity index (χ2v) is 8.17. The van der Waals surface area contributed by atoms with Crippen LogP contribution >= 0.6 is 0 Å². The van der Waals surface area contributed by atoms with E-state index in [4.69, 9.17) is 9.47 Å². The fourth-order valence-electron chi connectivity index (χ4n) is 2.87. The molecular weight excluding hydrogens is 410 g/mol. The molecule has 172 valence electrons. The number of benzene rings is 2. The van der Waals surface area contributed by atoms with Crippen LogP contribution in [-0.4, -0.2) is 37.2 Å². The van der Waals surface area contributed by atoms with E-state index in [0.717, 1.165) is 11.3 Å². The highest BCUT2D eigenvalue weighted by atomic mass is 16.6. The lowest BCUT2D eigenvalue weighted by Gasteiger charge is -2.19. The van der Waals surface area contributed by atoms with Crippen LogP contribution in [0.3, 0.4) is 0 Å². The van der Waals surface area contributed by atoms with Gasteiger partial charge in [-0.3, -0.25) is 9.59 Å². The fourth-order valence-corrected chi connectivity index (χ4v) is 2.87. The monoisotopic (exact) mass is 441 g/mol. The molecule has 32 heavy (non-hydrogen) atoms. The largest absolute Gasteiger partial charge is 0.496 e. The Hall–Kier alpha value is -3.55. The molecule has 0 heterocycles. The molecule has 0 bridgehead atoms. The lowest BCUT2D eigenvalue weighted by atomic mass is 10.1. The average Bonchev–Trinajstić information content (AvgIpc) is 2.71. The Labute approximate surface area is 188 Å². The highest BCUT2D eigenvalue weighted by Gasteiger charge is 2.16. The Morgan fingerprint density at radius 3 is 2.12 bits per heavy atom. The summed E-state index contributed by atoms with van der Waals surface area (Å²) in [5.74, 6) is 0.354. The molecule has 0 aliphatic heterocycles. The van der Waals surface area contributed by atoms with Crippen molar-refractivity contribution in [3.8, 4) is 5.75 Å². The number of ether oxygens (including phenoxy) is 2. The summed E-state index contributed by atoms with van der Waals surface area (Å²) in [5, 5.41) is 8.13. The molecule has 8 nitrogen and oxygen atoms in total. The molecule has 0 atom stereocenters. The Bertz CT molecular complexity index is 937. The number of nitrogens with one attached hydrogen (secondary N) is 3. The van der Waals surface area contributed by atoms with Crippen molar-refractivity contribution in [3.63, 3.8) is 0 Å². The summed E-state index contributed by atoms with van der Waals surface area (Å²) in [6.45, 7) is 5.46. The van der Waals surface area contributed by atoms with E-state index in [1.807, 2.05) is 24.3 Å². The number of rotatable bonds is 9. The van der Waals surface area contributed by atoms with Crippen molar-refractivity contribution >= 4 is 29.3 Å². The van der Waals surface area contributed by atoms with Crippen LogP contribution in [-0.2, 0) is 20.7 Å². The molecule has 0 aliphatic carbocycles. The predicted octanol–water partition coefficient (Wildman–Crippen LogP) is 4.12. The average molecular weight is 442 g/mol. The molecule has 0 saturated carbocycles. The highest BCUT2D eigenvalue weighted by molar-refractivity contribution is 5.94. The van der Waals surface area contributed by atoms with Gasteiger partial charge in [0.05, 0.1) is 7.11 Å². The molecule has 0 aromatic heterocycles. The van der Waals surface area contributed by atoms with Crippen molar-refractivity contribution in [2.45, 2.75) is 45.6 Å². The molecule has 0 unspecified atom stereocenters. The van der Waals surface area contributed by atoms with E-state index in [-0.39, 0.29) is 24.8 Å². The third kappa shape index (κ3) is 9.07. The number of methoxy groups -OCH3 is 1. The van der Waals surface area contributed by atoms with Gasteiger partial charge in [0.25, 0.3) is 0 Å². The van der Waals surface area contributed by atoms with E-state index in [2.05, 4.69) is 16.0 Å². The highest BCUT2D eigenvalue weighted by Crippen LogP contribution is 2.20. The first-order chi connectivity index (χ1) is 15.2. The fraction of sp³-hybridized carbons (Fsp3) is 0.375. The van der Waals surface area contributed by atoms with Gasteiger partial charge < -0.3 is 25.4 Å². The lowest BCUT2D eigenvalue weighted by molar-refractivity contribution is -0.116. The van der Waals surface area contributed by atoms with Gasteiger partial charge in [-0.15, -0.1) is 0 Å². The van der Waals surface area contributed by atoms with Gasteiger partial charge in [-0.05, 0) is 57.0 Å². The number of para-hydroxylation sites is 1. The van der Waals surface area contributed by atoms with E-state index in [1.165, 1.54) is 0 Å². The number of carbonyl (C=O) groups is 3. The molecule has 0 saturated heterocycles. The third-order valence-electron chi connectivity index (χ3n) is 4.26. The number of alkyl carbamates (subject to hydrolysis) is 1. The van der Waals surface area contributed by atoms with Gasteiger partial charge in [-0.2, -0.15) is 0 Å². The second-order valence-electron chi connectivity index (χ2n) is 8.17. The Kier molecular flexibility index (Phi) is 9.07. The van der Waals surface area contributed by atoms with Crippen LogP contribution in [0.1, 0.15) is 39.2 Å². The molecular formula is C24H31N3O5. The van der Waals surface area contributed by atoms with Crippen molar-refractivity contribution in [2.75, 3.05) is 24.3 Å². The number of anilines is 2. The van der Waals surface area contributed by atoms with E-state index in [1.54, 1.807) is 52.1 Å². The Morgan fingerprint density at radius 1 is 0.875 bits per heavy atom. The van der Waals surface area contributed by atoms with Gasteiger partial charge in [0.2, 0.25) is 11.8 Å². The maximum absolute atomic E-state index is 12.3. The van der Waals surface area contributed by atoms with E-state index in [0.29, 0.717) is 24.2 Å². The zero-order chi connectivity index (χ0) is 23.6. The maximum atomic E-state index is 12.3. The number of carbonyl (C=O) groups excluding carboxylic acids is 3. The van der Waals surface area contributed by atoms with Crippen molar-refractivity contribution in [1.29, 1.82) is 0 Å². The molecule has 2 aromatic carbocycles. The smallest absolute Gasteiger partial charge is 0.407 e. The van der Waals surface area contributed by atoms with Crippen molar-refractivity contribution in [1.82, 2.24) is 5.32 Å². The first-order valence-corrected chi connectivity index (χ1v) is 10.4. The molecule has 0 fully saturated rings. The first kappa shape index (κ1) is 24.7. The first-order valence-electron chi connectivity index (χ1n) is 10.4. The zero-order valence-electron chi connectivity index (χ0n) is 19.0. The van der Waals surface area contributed by atoms with Crippen molar-refractivity contribution in [3.05, 3.63) is 54.1 Å². The summed E-state index contributed by atoms with van der Waals surface area (Å²) in [4.78, 5) is 36.1. The van der Waals surface area contributed by atoms with Crippen LogP contribution in [0, 0.1) is 0 Å². The standard InChI is InChI=1S/C24H31N3O5/c1-24(2,3)32-23(30)25-15-14-22(29)27-19-10-7-9-18(16-19)26-21(28)13-12-17-8-5-6-11-20(17)31-4/h5-11,16H,12-15H2,1-4H3,(H,25,30)(H,26,28)(H,27,29). The van der Waals surface area contributed by atoms with Gasteiger partial charge in [-0.25, -0.2) is 4.79 Å². The number of hydrogen-bond donors (Lipinski definition) is 3. The summed E-state index contributed by atoms with van der Waals surface area (Å²) < 4.78 is 10.4. The molecule has 3 amide bonds. The minimum Gasteiger partial charge on any atom is -0.496 e. The molecule has 0 spiro atoms. The zero-order valence-corrected chi connectivity index (χ0v) is 19.0. The molecule has 0 aliphatic rings. The number of hydrogen-bond acceptors (Lipinski definition) is 5. The quantitative estimate of drug-likeness (QED) is 0.543. The van der Waals surface area contributed by atoms with Gasteiger partial charge >= 0.3 is 6.09 Å². The van der Waals surface area contributed by atoms with Gasteiger partial charge in [0.1, 0.15) is 11.4 Å². The minimum absolute atomic E-state index is 0.0920. The summed E-state index contributed by atoms with van der Waals surface area (Å²) >= 11 is 0. The van der Waals surface area contributed by atoms with Gasteiger partial charge in [0.15, 0.2) is 0 Å². The maximum Gasteiger partial charge on any atom is 0.407 e. The van der Waals surface area contributed by atoms with E-state index < -0.39 is 11.7 Å². The third-order valence-corrected chi connectivity index (χ3v) is 4.26. The normalized spacial score (nSPS) is 10.8. The van der Waals surface area contributed by atoms with Crippen LogP contribution in [0.25, 0.3) is 0 Å². The summed E-state index contributed by atoms with van der Waals surface area (Å²) in [6, 6.07) is 14.5. The van der Waals surface area contributed by atoms with Crippen LogP contribution < -0.4 is 20.7 Å². The van der Waals surface area contributed by atoms with Crippen LogP contribution in [0.5, 0.6) is 5.75 Å². The predicted molar refractivity (Wildman–Crippen MR) is 124 cm³/mol. The van der Waals surface area contributed by atoms with Crippen LogP contribution in [0.4, 0.5) is 16.2 Å². The Morgan fingerprint density at radius 2 is 1.50 bits per heavy atom. The molecule has 2 rings (SSSR count). The van der Waals surface area contributed by atoms with Crippen molar-refractivity contribution < 1.29 is 23.9 Å². The van der Waals surface area contributed by atoms with E-state index >= 15 is 0 Å². The molecule has 3 N–H and O–H groups in total. The molecule has 2 aromatic rings. The molecule has 8 heteroatoms. The van der Waals surface area contributed by atoms with Crippen molar-refractivity contribution in [2.24, 2.45) is 0 Å². The second kappa shape index (κ2) is 11.7. The summed E-state index contributed by atoms with van der Waals surface area (Å²) in [6.07, 6.45) is 0.377. The summed E-state index contributed by atoms with van der Waals surface area (Å²) in [7, 11) is 1.60. The minimum atomic E-state index is -0.593. The molecule has 0 radical (unpaired) electrons.